The normalized spacial score (nSPS) is 19.4. The van der Waals surface area contributed by atoms with Crippen LogP contribution in [-0.2, 0) is 14.8 Å². The third-order valence-corrected chi connectivity index (χ3v) is 5.25. The molecular formula is C13H17ClN2O3S2. The molecule has 2 rings (SSSR count). The van der Waals surface area contributed by atoms with Crippen molar-refractivity contribution in [1.82, 2.24) is 4.72 Å². The van der Waals surface area contributed by atoms with E-state index < -0.39 is 10.0 Å². The Morgan fingerprint density at radius 1 is 1.48 bits per heavy atom. The Kier molecular flexibility index (Phi) is 5.56. The van der Waals surface area contributed by atoms with Crippen LogP contribution in [0, 0.1) is 0 Å². The minimum Gasteiger partial charge on any atom is -0.389 e. The van der Waals surface area contributed by atoms with E-state index in [1.807, 2.05) is 0 Å². The van der Waals surface area contributed by atoms with Crippen LogP contribution in [0.4, 0.5) is 0 Å². The van der Waals surface area contributed by atoms with Crippen molar-refractivity contribution < 1.29 is 13.2 Å². The van der Waals surface area contributed by atoms with Crippen molar-refractivity contribution in [2.24, 2.45) is 5.73 Å². The predicted molar refractivity (Wildman–Crippen MR) is 86.1 cm³/mol. The summed E-state index contributed by atoms with van der Waals surface area (Å²) in [5, 5.41) is 0.222. The molecule has 8 heteroatoms. The summed E-state index contributed by atoms with van der Waals surface area (Å²) >= 11 is 10.8. The molecule has 1 aromatic rings. The van der Waals surface area contributed by atoms with Crippen LogP contribution in [0.2, 0.25) is 5.02 Å². The van der Waals surface area contributed by atoms with Crippen LogP contribution < -0.4 is 10.5 Å². The fraction of sp³-hybridized carbons (Fsp3) is 0.462. The topological polar surface area (TPSA) is 81.4 Å². The average molecular weight is 349 g/mol. The number of hydrogen-bond donors (Lipinski definition) is 2. The van der Waals surface area contributed by atoms with Gasteiger partial charge in [-0.25, -0.2) is 13.1 Å². The molecule has 3 N–H and O–H groups in total. The lowest BCUT2D eigenvalue weighted by atomic mass is 10.1. The number of nitrogens with two attached hydrogens (primary N) is 1. The van der Waals surface area contributed by atoms with E-state index in [-0.39, 0.29) is 27.6 Å². The highest BCUT2D eigenvalue weighted by atomic mass is 35.5. The number of rotatable bonds is 5. The van der Waals surface area contributed by atoms with Gasteiger partial charge in [-0.05, 0) is 37.5 Å². The molecule has 21 heavy (non-hydrogen) atoms. The first kappa shape index (κ1) is 16.6. The van der Waals surface area contributed by atoms with Gasteiger partial charge in [0.25, 0.3) is 0 Å². The predicted octanol–water partition coefficient (Wildman–Crippen LogP) is 1.82. The van der Waals surface area contributed by atoms with Crippen LogP contribution in [0.3, 0.4) is 0 Å². The summed E-state index contributed by atoms with van der Waals surface area (Å²) < 4.78 is 32.5. The summed E-state index contributed by atoms with van der Waals surface area (Å²) in [5.74, 6) is 0. The quantitative estimate of drug-likeness (QED) is 0.793. The second kappa shape index (κ2) is 7.02. The molecule has 1 aliphatic rings. The van der Waals surface area contributed by atoms with Crippen LogP contribution in [0.5, 0.6) is 0 Å². The lowest BCUT2D eigenvalue weighted by molar-refractivity contribution is 0.0200. The largest absolute Gasteiger partial charge is 0.389 e. The Morgan fingerprint density at radius 3 is 2.81 bits per heavy atom. The molecule has 0 bridgehead atoms. The minimum atomic E-state index is -3.62. The molecule has 0 spiro atoms. The Bertz CT molecular complexity index is 628. The summed E-state index contributed by atoms with van der Waals surface area (Å²) in [7, 11) is -3.62. The second-order valence-electron chi connectivity index (χ2n) is 4.85. The zero-order valence-electron chi connectivity index (χ0n) is 11.3. The maximum atomic E-state index is 12.2. The van der Waals surface area contributed by atoms with Crippen molar-refractivity contribution in [3.63, 3.8) is 0 Å². The molecule has 1 heterocycles. The summed E-state index contributed by atoms with van der Waals surface area (Å²) in [4.78, 5) is 0.218. The number of thiocarbonyl (C=S) groups is 1. The van der Waals surface area contributed by atoms with Crippen molar-refractivity contribution in [3.05, 3.63) is 28.8 Å². The third kappa shape index (κ3) is 4.37. The molecule has 0 amide bonds. The zero-order valence-corrected chi connectivity index (χ0v) is 13.7. The molecule has 1 aliphatic heterocycles. The molecule has 1 saturated heterocycles. The molecule has 1 aromatic carbocycles. The van der Waals surface area contributed by atoms with Crippen molar-refractivity contribution in [3.8, 4) is 0 Å². The summed E-state index contributed by atoms with van der Waals surface area (Å²) in [6.07, 6.45) is 2.88. The zero-order chi connectivity index (χ0) is 15.5. The first-order chi connectivity index (χ1) is 9.90. The van der Waals surface area contributed by atoms with Gasteiger partial charge in [-0.2, -0.15) is 0 Å². The molecule has 0 saturated carbocycles. The number of nitrogens with one attached hydrogen (secondary N) is 1. The van der Waals surface area contributed by atoms with Gasteiger partial charge in [-0.1, -0.05) is 23.8 Å². The van der Waals surface area contributed by atoms with E-state index >= 15 is 0 Å². The van der Waals surface area contributed by atoms with Crippen LogP contribution >= 0.6 is 23.8 Å². The molecule has 1 atom stereocenters. The van der Waals surface area contributed by atoms with Gasteiger partial charge in [0.15, 0.2) is 0 Å². The van der Waals surface area contributed by atoms with Crippen LogP contribution in [0.1, 0.15) is 24.8 Å². The maximum Gasteiger partial charge on any atom is 0.240 e. The van der Waals surface area contributed by atoms with Crippen molar-refractivity contribution in [2.45, 2.75) is 30.3 Å². The van der Waals surface area contributed by atoms with Gasteiger partial charge in [0, 0.05) is 18.7 Å². The average Bonchev–Trinajstić information content (AvgIpc) is 2.46. The number of sulfonamides is 1. The summed E-state index contributed by atoms with van der Waals surface area (Å²) in [5.41, 5.74) is 5.95. The third-order valence-electron chi connectivity index (χ3n) is 3.29. The van der Waals surface area contributed by atoms with Crippen LogP contribution in [-0.4, -0.2) is 32.7 Å². The van der Waals surface area contributed by atoms with Crippen molar-refractivity contribution in [1.29, 1.82) is 0 Å². The number of benzene rings is 1. The fourth-order valence-electron chi connectivity index (χ4n) is 2.12. The van der Waals surface area contributed by atoms with Gasteiger partial charge in [0.2, 0.25) is 10.0 Å². The monoisotopic (exact) mass is 348 g/mol. The number of ether oxygens (including phenoxy) is 1. The van der Waals surface area contributed by atoms with E-state index in [2.05, 4.69) is 4.72 Å². The number of hydrogen-bond acceptors (Lipinski definition) is 4. The SMILES string of the molecule is NC(=S)c1ccc(S(=O)(=O)NCC2CCCCO2)cc1Cl. The van der Waals surface area contributed by atoms with E-state index in [0.29, 0.717) is 12.2 Å². The highest BCUT2D eigenvalue weighted by molar-refractivity contribution is 7.89. The van der Waals surface area contributed by atoms with Gasteiger partial charge in [-0.15, -0.1) is 0 Å². The van der Waals surface area contributed by atoms with Gasteiger partial charge >= 0.3 is 0 Å². The molecule has 5 nitrogen and oxygen atoms in total. The van der Waals surface area contributed by atoms with Crippen LogP contribution in [0.25, 0.3) is 0 Å². The lowest BCUT2D eigenvalue weighted by Crippen LogP contribution is -2.35. The Hall–Kier alpha value is -0.730. The van der Waals surface area contributed by atoms with E-state index in [0.717, 1.165) is 19.3 Å². The Balaban J connectivity index is 2.08. The smallest absolute Gasteiger partial charge is 0.240 e. The standard InChI is InChI=1S/C13H17ClN2O3S2/c14-12-7-10(4-5-11(12)13(15)20)21(17,18)16-8-9-3-1-2-6-19-9/h4-5,7,9,16H,1-3,6,8H2,(H2,15,20). The minimum absolute atomic E-state index is 0.0695. The first-order valence-electron chi connectivity index (χ1n) is 6.61. The molecule has 1 fully saturated rings. The van der Waals surface area contributed by atoms with Gasteiger partial charge < -0.3 is 10.5 Å². The lowest BCUT2D eigenvalue weighted by Gasteiger charge is -2.22. The second-order valence-corrected chi connectivity index (χ2v) is 7.46. The summed E-state index contributed by atoms with van der Waals surface area (Å²) in [6.45, 7) is 0.942. The van der Waals surface area contributed by atoms with Gasteiger partial charge in [-0.3, -0.25) is 0 Å². The Labute approximate surface area is 134 Å². The number of halogens is 1. The van der Waals surface area contributed by atoms with E-state index in [1.54, 1.807) is 0 Å². The van der Waals surface area contributed by atoms with E-state index in [9.17, 15) is 8.42 Å². The van der Waals surface area contributed by atoms with Crippen molar-refractivity contribution >= 4 is 38.8 Å². The molecule has 116 valence electrons. The maximum absolute atomic E-state index is 12.2. The molecule has 1 unspecified atom stereocenters. The van der Waals surface area contributed by atoms with Crippen molar-refractivity contribution in [2.75, 3.05) is 13.2 Å². The van der Waals surface area contributed by atoms with Gasteiger partial charge in [0.05, 0.1) is 16.0 Å². The van der Waals surface area contributed by atoms with E-state index in [4.69, 9.17) is 34.3 Å². The molecule has 0 aromatic heterocycles. The van der Waals surface area contributed by atoms with E-state index in [1.165, 1.54) is 18.2 Å². The summed E-state index contributed by atoms with van der Waals surface area (Å²) in [6, 6.07) is 4.29. The molecule has 0 radical (unpaired) electrons. The highest BCUT2D eigenvalue weighted by Crippen LogP contribution is 2.21. The Morgan fingerprint density at radius 2 is 2.24 bits per heavy atom. The molecular weight excluding hydrogens is 332 g/mol. The highest BCUT2D eigenvalue weighted by Gasteiger charge is 2.20. The molecule has 0 aliphatic carbocycles. The van der Waals surface area contributed by atoms with Gasteiger partial charge in [0.1, 0.15) is 4.99 Å². The fourth-order valence-corrected chi connectivity index (χ4v) is 3.79. The van der Waals surface area contributed by atoms with Crippen LogP contribution in [0.15, 0.2) is 23.1 Å². The first-order valence-corrected chi connectivity index (χ1v) is 8.88.